The molecule has 7 nitrogen and oxygen atoms in total. The van der Waals surface area contributed by atoms with E-state index in [1.54, 1.807) is 48.5 Å². The molecular weight excluding hydrogens is 527 g/mol. The SMILES string of the molecule is CCOc1ccc(-c2csc(NC(=O)C(C)Sc3ccc(NS(=O)(=O)c4ccc(C)cc4)cc3)n2)cc1. The van der Waals surface area contributed by atoms with Crippen molar-refractivity contribution in [3.8, 4) is 17.0 Å². The van der Waals surface area contributed by atoms with Crippen molar-refractivity contribution in [3.63, 3.8) is 0 Å². The quantitative estimate of drug-likeness (QED) is 0.220. The number of aryl methyl sites for hydroxylation is 1. The van der Waals surface area contributed by atoms with Gasteiger partial charge >= 0.3 is 0 Å². The average Bonchev–Trinajstić information content (AvgIpc) is 3.34. The van der Waals surface area contributed by atoms with Crippen molar-refractivity contribution in [3.05, 3.63) is 83.7 Å². The van der Waals surface area contributed by atoms with Gasteiger partial charge in [0.1, 0.15) is 5.75 Å². The molecule has 0 fully saturated rings. The van der Waals surface area contributed by atoms with Gasteiger partial charge in [-0.1, -0.05) is 17.7 Å². The third kappa shape index (κ3) is 7.12. The van der Waals surface area contributed by atoms with E-state index >= 15 is 0 Å². The topological polar surface area (TPSA) is 97.4 Å². The lowest BCUT2D eigenvalue weighted by Crippen LogP contribution is -2.22. The first-order chi connectivity index (χ1) is 17.7. The normalized spacial score (nSPS) is 12.1. The molecule has 37 heavy (non-hydrogen) atoms. The summed E-state index contributed by atoms with van der Waals surface area (Å²) in [6.45, 7) is 6.27. The number of ether oxygens (including phenoxy) is 1. The zero-order chi connectivity index (χ0) is 26.4. The molecule has 0 radical (unpaired) electrons. The fourth-order valence-corrected chi connectivity index (χ4v) is 6.00. The molecule has 3 aromatic carbocycles. The van der Waals surface area contributed by atoms with Crippen LogP contribution in [-0.2, 0) is 14.8 Å². The number of thioether (sulfide) groups is 1. The Kier molecular flexibility index (Phi) is 8.52. The molecule has 1 amide bonds. The summed E-state index contributed by atoms with van der Waals surface area (Å²) in [4.78, 5) is 18.3. The number of aromatic nitrogens is 1. The van der Waals surface area contributed by atoms with Gasteiger partial charge in [0, 0.05) is 21.5 Å². The van der Waals surface area contributed by atoms with E-state index in [4.69, 9.17) is 4.74 Å². The molecule has 0 saturated carbocycles. The van der Waals surface area contributed by atoms with E-state index in [0.29, 0.717) is 17.4 Å². The van der Waals surface area contributed by atoms with Crippen LogP contribution < -0.4 is 14.8 Å². The molecule has 0 bridgehead atoms. The highest BCUT2D eigenvalue weighted by molar-refractivity contribution is 8.00. The van der Waals surface area contributed by atoms with Crippen molar-refractivity contribution in [1.29, 1.82) is 0 Å². The van der Waals surface area contributed by atoms with Gasteiger partial charge in [-0.2, -0.15) is 0 Å². The summed E-state index contributed by atoms with van der Waals surface area (Å²) < 4.78 is 33.2. The van der Waals surface area contributed by atoms with Gasteiger partial charge < -0.3 is 10.1 Å². The maximum atomic E-state index is 12.7. The molecule has 4 rings (SSSR count). The van der Waals surface area contributed by atoms with Crippen molar-refractivity contribution in [1.82, 2.24) is 4.98 Å². The smallest absolute Gasteiger partial charge is 0.261 e. The molecule has 1 atom stereocenters. The first-order valence-corrected chi connectivity index (χ1v) is 14.8. The number of anilines is 2. The van der Waals surface area contributed by atoms with Crippen LogP contribution in [0.5, 0.6) is 5.75 Å². The van der Waals surface area contributed by atoms with Crippen molar-refractivity contribution in [2.24, 2.45) is 0 Å². The Morgan fingerprint density at radius 1 is 1.03 bits per heavy atom. The highest BCUT2D eigenvalue weighted by Gasteiger charge is 2.18. The van der Waals surface area contributed by atoms with Gasteiger partial charge in [-0.3, -0.25) is 9.52 Å². The zero-order valence-electron chi connectivity index (χ0n) is 20.6. The number of nitrogens with one attached hydrogen (secondary N) is 2. The van der Waals surface area contributed by atoms with Gasteiger partial charge in [0.05, 0.1) is 22.4 Å². The number of carbonyl (C=O) groups is 1. The molecule has 2 N–H and O–H groups in total. The Morgan fingerprint density at radius 3 is 2.35 bits per heavy atom. The van der Waals surface area contributed by atoms with Gasteiger partial charge in [0.2, 0.25) is 5.91 Å². The number of rotatable bonds is 10. The van der Waals surface area contributed by atoms with Crippen LogP contribution in [-0.4, -0.2) is 31.2 Å². The van der Waals surface area contributed by atoms with Crippen molar-refractivity contribution < 1.29 is 17.9 Å². The summed E-state index contributed by atoms with van der Waals surface area (Å²) in [5.41, 5.74) is 3.17. The van der Waals surface area contributed by atoms with E-state index in [2.05, 4.69) is 15.0 Å². The minimum Gasteiger partial charge on any atom is -0.494 e. The molecule has 1 heterocycles. The minimum absolute atomic E-state index is 0.165. The lowest BCUT2D eigenvalue weighted by Gasteiger charge is -2.12. The number of sulfonamides is 1. The summed E-state index contributed by atoms with van der Waals surface area (Å²) in [6.07, 6.45) is 0. The van der Waals surface area contributed by atoms with E-state index in [9.17, 15) is 13.2 Å². The highest BCUT2D eigenvalue weighted by atomic mass is 32.2. The Balaban J connectivity index is 1.32. The maximum absolute atomic E-state index is 12.7. The Hall–Kier alpha value is -3.34. The lowest BCUT2D eigenvalue weighted by atomic mass is 10.2. The summed E-state index contributed by atoms with van der Waals surface area (Å²) in [7, 11) is -3.67. The number of carbonyl (C=O) groups excluding carboxylic acids is 1. The molecule has 0 saturated heterocycles. The van der Waals surface area contributed by atoms with Gasteiger partial charge in [0.15, 0.2) is 5.13 Å². The van der Waals surface area contributed by atoms with Gasteiger partial charge in [0.25, 0.3) is 10.0 Å². The third-order valence-corrected chi connectivity index (χ3v) is 8.58. The van der Waals surface area contributed by atoms with E-state index in [1.807, 2.05) is 50.4 Å². The monoisotopic (exact) mass is 553 g/mol. The molecular formula is C27H27N3O4S3. The minimum atomic E-state index is -3.67. The molecule has 0 aliphatic carbocycles. The van der Waals surface area contributed by atoms with Crippen molar-refractivity contribution in [2.75, 3.05) is 16.6 Å². The second-order valence-corrected chi connectivity index (χ2v) is 12.1. The molecule has 0 aliphatic rings. The lowest BCUT2D eigenvalue weighted by molar-refractivity contribution is -0.115. The summed E-state index contributed by atoms with van der Waals surface area (Å²) in [5, 5.41) is 4.93. The van der Waals surface area contributed by atoms with E-state index in [1.165, 1.54) is 23.1 Å². The number of nitrogens with zero attached hydrogens (tertiary/aromatic N) is 1. The van der Waals surface area contributed by atoms with Crippen LogP contribution in [0.2, 0.25) is 0 Å². The van der Waals surface area contributed by atoms with Crippen LogP contribution in [0.3, 0.4) is 0 Å². The highest BCUT2D eigenvalue weighted by Crippen LogP contribution is 2.29. The van der Waals surface area contributed by atoms with Crippen LogP contribution in [0.4, 0.5) is 10.8 Å². The predicted molar refractivity (Wildman–Crippen MR) is 151 cm³/mol. The Morgan fingerprint density at radius 2 is 1.70 bits per heavy atom. The van der Waals surface area contributed by atoms with Crippen molar-refractivity contribution >= 4 is 49.8 Å². The molecule has 192 valence electrons. The second kappa shape index (κ2) is 11.8. The Labute approximate surface area is 225 Å². The van der Waals surface area contributed by atoms with E-state index in [-0.39, 0.29) is 16.1 Å². The Bertz CT molecular complexity index is 1450. The predicted octanol–water partition coefficient (Wildman–Crippen LogP) is 6.44. The number of benzene rings is 3. The van der Waals surface area contributed by atoms with Crippen LogP contribution in [0.25, 0.3) is 11.3 Å². The number of amides is 1. The van der Waals surface area contributed by atoms with Crippen molar-refractivity contribution in [2.45, 2.75) is 35.8 Å². The van der Waals surface area contributed by atoms with Gasteiger partial charge in [-0.25, -0.2) is 13.4 Å². The maximum Gasteiger partial charge on any atom is 0.261 e. The van der Waals surface area contributed by atoms with Crippen LogP contribution in [0.1, 0.15) is 19.4 Å². The fraction of sp³-hybridized carbons (Fsp3) is 0.185. The summed E-state index contributed by atoms with van der Waals surface area (Å²) >= 11 is 2.75. The van der Waals surface area contributed by atoms with Crippen LogP contribution in [0, 0.1) is 6.92 Å². The largest absolute Gasteiger partial charge is 0.494 e. The molecule has 1 unspecified atom stereocenters. The zero-order valence-corrected chi connectivity index (χ0v) is 23.0. The van der Waals surface area contributed by atoms with E-state index < -0.39 is 10.0 Å². The standard InChI is InChI=1S/C27H27N3O4S3/c1-4-34-22-11-7-20(8-12-22)25-17-35-27(28-25)29-26(31)19(3)36-23-13-9-21(10-14-23)30-37(32,33)24-15-5-18(2)6-16-24/h5-17,19,30H,4H2,1-3H3,(H,28,29,31). The number of hydrogen-bond donors (Lipinski definition) is 2. The second-order valence-electron chi connectivity index (χ2n) is 8.19. The first-order valence-electron chi connectivity index (χ1n) is 11.6. The van der Waals surface area contributed by atoms with E-state index in [0.717, 1.165) is 27.5 Å². The number of thiazole rings is 1. The first kappa shape index (κ1) is 26.7. The molecule has 0 spiro atoms. The summed E-state index contributed by atoms with van der Waals surface area (Å²) in [5.74, 6) is 0.638. The molecule has 1 aromatic heterocycles. The molecule has 0 aliphatic heterocycles. The third-order valence-electron chi connectivity index (χ3n) is 5.32. The van der Waals surface area contributed by atoms with Crippen LogP contribution >= 0.6 is 23.1 Å². The molecule has 4 aromatic rings. The van der Waals surface area contributed by atoms with Gasteiger partial charge in [-0.05, 0) is 81.4 Å². The average molecular weight is 554 g/mol. The fourth-order valence-electron chi connectivity index (χ4n) is 3.35. The summed E-state index contributed by atoms with van der Waals surface area (Å²) in [6, 6.07) is 21.3. The molecule has 10 heteroatoms. The van der Waals surface area contributed by atoms with Gasteiger partial charge in [-0.15, -0.1) is 23.1 Å². The number of hydrogen-bond acceptors (Lipinski definition) is 7. The van der Waals surface area contributed by atoms with Crippen LogP contribution in [0.15, 0.2) is 88.0 Å².